The van der Waals surface area contributed by atoms with Crippen LogP contribution in [0.3, 0.4) is 0 Å². The number of hydrogen-bond donors (Lipinski definition) is 3. The molecule has 0 atom stereocenters. The molecule has 21 heavy (non-hydrogen) atoms. The molecule has 0 radical (unpaired) electrons. The lowest BCUT2D eigenvalue weighted by atomic mass is 10.2. The minimum absolute atomic E-state index is 0.132. The first-order valence-electron chi connectivity index (χ1n) is 6.77. The molecule has 2 rings (SSSR count). The number of benzene rings is 2. The molecule has 0 spiro atoms. The Morgan fingerprint density at radius 1 is 1.10 bits per heavy atom. The average molecular weight is 285 g/mol. The number of carbonyl (C=O) groups excluding carboxylic acids is 1. The van der Waals surface area contributed by atoms with E-state index in [2.05, 4.69) is 5.32 Å². The van der Waals surface area contributed by atoms with Crippen LogP contribution in [-0.4, -0.2) is 24.3 Å². The summed E-state index contributed by atoms with van der Waals surface area (Å²) in [6.07, 6.45) is 0. The van der Waals surface area contributed by atoms with E-state index in [1.807, 2.05) is 30.3 Å². The Bertz CT molecular complexity index is 587. The number of aliphatic hydroxyl groups excluding tert-OH is 1. The Labute approximate surface area is 124 Å². The minimum atomic E-state index is -0.286. The summed E-state index contributed by atoms with van der Waals surface area (Å²) in [5.74, 6) is 0. The predicted octanol–water partition coefficient (Wildman–Crippen LogP) is 1.98. The van der Waals surface area contributed by atoms with Crippen molar-refractivity contribution in [1.82, 2.24) is 5.32 Å². The normalized spacial score (nSPS) is 10.1. The van der Waals surface area contributed by atoms with E-state index in [1.165, 1.54) is 4.90 Å². The van der Waals surface area contributed by atoms with Gasteiger partial charge < -0.3 is 16.2 Å². The van der Waals surface area contributed by atoms with Crippen molar-refractivity contribution in [3.8, 4) is 0 Å². The first kappa shape index (κ1) is 14.9. The number of aliphatic hydroxyl groups is 1. The molecular formula is C16H19N3O2. The molecule has 0 heterocycles. The fourth-order valence-corrected chi connectivity index (χ4v) is 2.03. The van der Waals surface area contributed by atoms with Gasteiger partial charge in [0.25, 0.3) is 0 Å². The topological polar surface area (TPSA) is 78.6 Å². The van der Waals surface area contributed by atoms with Crippen molar-refractivity contribution in [3.63, 3.8) is 0 Å². The number of rotatable bonds is 5. The molecule has 0 aliphatic carbocycles. The Morgan fingerprint density at radius 2 is 1.76 bits per heavy atom. The molecule has 0 aliphatic rings. The molecular weight excluding hydrogens is 266 g/mol. The molecule has 110 valence electrons. The second kappa shape index (κ2) is 7.31. The second-order valence-corrected chi connectivity index (χ2v) is 4.58. The van der Waals surface area contributed by atoms with E-state index in [4.69, 9.17) is 10.8 Å². The van der Waals surface area contributed by atoms with Gasteiger partial charge in [-0.3, -0.25) is 4.90 Å². The second-order valence-electron chi connectivity index (χ2n) is 4.58. The molecule has 2 amide bonds. The number of anilines is 2. The van der Waals surface area contributed by atoms with Crippen LogP contribution >= 0.6 is 0 Å². The molecule has 0 saturated carbocycles. The van der Waals surface area contributed by atoms with E-state index >= 15 is 0 Å². The third kappa shape index (κ3) is 3.97. The molecule has 0 unspecified atom stereocenters. The smallest absolute Gasteiger partial charge is 0.322 e. The highest BCUT2D eigenvalue weighted by Gasteiger charge is 2.16. The number of nitrogen functional groups attached to an aromatic ring is 1. The van der Waals surface area contributed by atoms with Crippen molar-refractivity contribution in [2.75, 3.05) is 23.8 Å². The van der Waals surface area contributed by atoms with Crippen molar-refractivity contribution < 1.29 is 9.90 Å². The third-order valence-corrected chi connectivity index (χ3v) is 3.08. The summed E-state index contributed by atoms with van der Waals surface area (Å²) in [6.45, 7) is 0.482. The van der Waals surface area contributed by atoms with Gasteiger partial charge in [0.15, 0.2) is 0 Å². The quantitative estimate of drug-likeness (QED) is 0.735. The fraction of sp³-hybridized carbons (Fsp3) is 0.188. The maximum Gasteiger partial charge on any atom is 0.322 e. The van der Waals surface area contributed by atoms with Crippen molar-refractivity contribution in [2.45, 2.75) is 6.54 Å². The molecule has 0 saturated heterocycles. The Morgan fingerprint density at radius 3 is 2.43 bits per heavy atom. The molecule has 0 fully saturated rings. The van der Waals surface area contributed by atoms with E-state index in [1.54, 1.807) is 24.3 Å². The van der Waals surface area contributed by atoms with Crippen LogP contribution in [-0.2, 0) is 6.54 Å². The maximum absolute atomic E-state index is 12.3. The molecule has 5 heteroatoms. The van der Waals surface area contributed by atoms with Crippen molar-refractivity contribution in [2.24, 2.45) is 0 Å². The van der Waals surface area contributed by atoms with Crippen LogP contribution in [0.15, 0.2) is 54.6 Å². The number of amides is 2. The van der Waals surface area contributed by atoms with Gasteiger partial charge in [-0.2, -0.15) is 0 Å². The Hall–Kier alpha value is -2.53. The summed E-state index contributed by atoms with van der Waals surface area (Å²) < 4.78 is 0. The summed E-state index contributed by atoms with van der Waals surface area (Å²) in [6, 6.07) is 16.4. The van der Waals surface area contributed by atoms with Crippen LogP contribution in [0.5, 0.6) is 0 Å². The molecule has 0 bridgehead atoms. The summed E-state index contributed by atoms with van der Waals surface area (Å²) in [5, 5.41) is 12.0. The largest absolute Gasteiger partial charge is 0.397 e. The lowest BCUT2D eigenvalue weighted by molar-refractivity contribution is 0.241. The summed E-state index contributed by atoms with van der Waals surface area (Å²) in [5.41, 5.74) is 8.00. The average Bonchev–Trinajstić information content (AvgIpc) is 2.52. The first-order valence-corrected chi connectivity index (χ1v) is 6.77. The van der Waals surface area contributed by atoms with E-state index in [0.29, 0.717) is 17.9 Å². The number of urea groups is 1. The maximum atomic E-state index is 12.3. The summed E-state index contributed by atoms with van der Waals surface area (Å²) >= 11 is 0. The third-order valence-electron chi connectivity index (χ3n) is 3.08. The highest BCUT2D eigenvalue weighted by atomic mass is 16.3. The van der Waals surface area contributed by atoms with Crippen LogP contribution in [0.2, 0.25) is 0 Å². The molecule has 2 aromatic carbocycles. The first-order chi connectivity index (χ1) is 10.2. The van der Waals surface area contributed by atoms with Gasteiger partial charge in [-0.05, 0) is 17.7 Å². The van der Waals surface area contributed by atoms with Gasteiger partial charge in [0, 0.05) is 6.54 Å². The fourth-order valence-electron chi connectivity index (χ4n) is 2.03. The van der Waals surface area contributed by atoms with E-state index in [0.717, 1.165) is 5.56 Å². The van der Waals surface area contributed by atoms with Gasteiger partial charge in [-0.15, -0.1) is 0 Å². The van der Waals surface area contributed by atoms with Crippen LogP contribution in [0.4, 0.5) is 16.2 Å². The number of para-hydroxylation sites is 2. The summed E-state index contributed by atoms with van der Waals surface area (Å²) in [4.78, 5) is 13.8. The molecule has 5 nitrogen and oxygen atoms in total. The molecule has 2 aromatic rings. The van der Waals surface area contributed by atoms with Crippen LogP contribution in [0.25, 0.3) is 0 Å². The van der Waals surface area contributed by atoms with E-state index in [9.17, 15) is 4.79 Å². The predicted molar refractivity (Wildman–Crippen MR) is 84.0 cm³/mol. The zero-order valence-electron chi connectivity index (χ0n) is 11.7. The number of carbonyl (C=O) groups is 1. The van der Waals surface area contributed by atoms with Gasteiger partial charge in [-0.25, -0.2) is 4.79 Å². The minimum Gasteiger partial charge on any atom is -0.397 e. The van der Waals surface area contributed by atoms with Crippen LogP contribution in [0.1, 0.15) is 5.56 Å². The van der Waals surface area contributed by atoms with Crippen molar-refractivity contribution >= 4 is 17.4 Å². The van der Waals surface area contributed by atoms with Crippen molar-refractivity contribution in [1.29, 1.82) is 0 Å². The number of nitrogens with one attached hydrogen (secondary N) is 1. The highest BCUT2D eigenvalue weighted by Crippen LogP contribution is 2.22. The number of nitrogens with zero attached hydrogens (tertiary/aromatic N) is 1. The molecule has 0 aliphatic heterocycles. The molecule has 0 aromatic heterocycles. The zero-order valence-corrected chi connectivity index (χ0v) is 11.7. The van der Waals surface area contributed by atoms with E-state index in [-0.39, 0.29) is 19.2 Å². The van der Waals surface area contributed by atoms with Crippen LogP contribution in [0, 0.1) is 0 Å². The standard InChI is InChI=1S/C16H19N3O2/c17-14-8-4-5-9-15(14)19(10-11-20)16(21)18-12-13-6-2-1-3-7-13/h1-9,20H,10-12,17H2,(H,18,21). The SMILES string of the molecule is Nc1ccccc1N(CCO)C(=O)NCc1ccccc1. The van der Waals surface area contributed by atoms with Gasteiger partial charge in [-0.1, -0.05) is 42.5 Å². The van der Waals surface area contributed by atoms with Gasteiger partial charge in [0.1, 0.15) is 0 Å². The highest BCUT2D eigenvalue weighted by molar-refractivity contribution is 5.95. The molecule has 4 N–H and O–H groups in total. The monoisotopic (exact) mass is 285 g/mol. The van der Waals surface area contributed by atoms with Gasteiger partial charge in [0.05, 0.1) is 24.5 Å². The lowest BCUT2D eigenvalue weighted by Gasteiger charge is -2.23. The lowest BCUT2D eigenvalue weighted by Crippen LogP contribution is -2.41. The Kier molecular flexibility index (Phi) is 5.17. The van der Waals surface area contributed by atoms with Crippen LogP contribution < -0.4 is 16.0 Å². The number of nitrogens with two attached hydrogens (primary N) is 1. The summed E-state index contributed by atoms with van der Waals surface area (Å²) in [7, 11) is 0. The zero-order chi connectivity index (χ0) is 15.1. The Balaban J connectivity index is 2.08. The van der Waals surface area contributed by atoms with Crippen molar-refractivity contribution in [3.05, 3.63) is 60.2 Å². The van der Waals surface area contributed by atoms with Gasteiger partial charge in [0.2, 0.25) is 0 Å². The number of hydrogen-bond acceptors (Lipinski definition) is 3. The van der Waals surface area contributed by atoms with E-state index < -0.39 is 0 Å². The van der Waals surface area contributed by atoms with Gasteiger partial charge >= 0.3 is 6.03 Å².